The van der Waals surface area contributed by atoms with Crippen LogP contribution in [-0.4, -0.2) is 16.2 Å². The summed E-state index contributed by atoms with van der Waals surface area (Å²) in [6.45, 7) is -3.05. The largest absolute Gasteiger partial charge is 0.434 e. The van der Waals surface area contributed by atoms with E-state index in [1.165, 1.54) is 24.3 Å². The number of para-hydroxylation sites is 3. The van der Waals surface area contributed by atoms with Crippen LogP contribution in [0.2, 0.25) is 0 Å². The van der Waals surface area contributed by atoms with E-state index in [1.54, 1.807) is 53.1 Å². The van der Waals surface area contributed by atoms with Crippen molar-refractivity contribution >= 4 is 22.7 Å². The molecule has 0 unspecified atom stereocenters. The van der Waals surface area contributed by atoms with Crippen LogP contribution in [0.5, 0.6) is 5.75 Å². The third kappa shape index (κ3) is 3.79. The predicted molar refractivity (Wildman–Crippen MR) is 114 cm³/mol. The number of hydrogen-bond acceptors (Lipinski definition) is 3. The molecular weight excluding hydrogens is 441 g/mol. The van der Waals surface area contributed by atoms with E-state index in [-0.39, 0.29) is 17.0 Å². The number of anilines is 1. The Morgan fingerprint density at radius 3 is 2.39 bits per heavy atom. The van der Waals surface area contributed by atoms with Crippen LogP contribution >= 0.6 is 0 Å². The third-order valence-corrected chi connectivity index (χ3v) is 5.42. The van der Waals surface area contributed by atoms with Crippen LogP contribution in [0.4, 0.5) is 27.9 Å². The second-order valence-electron chi connectivity index (χ2n) is 7.40. The summed E-state index contributed by atoms with van der Waals surface area (Å²) in [5.41, 5.74) is 0.949. The predicted octanol–water partition coefficient (Wildman–Crippen LogP) is 6.71. The minimum absolute atomic E-state index is 0.0668. The molecule has 2 heterocycles. The molecule has 0 saturated heterocycles. The molecule has 3 aromatic carbocycles. The molecule has 0 amide bonds. The van der Waals surface area contributed by atoms with E-state index < -0.39 is 24.4 Å². The average Bonchev–Trinajstić information content (AvgIpc) is 3.16. The fourth-order valence-corrected chi connectivity index (χ4v) is 4.09. The van der Waals surface area contributed by atoms with Crippen LogP contribution < -0.4 is 10.1 Å². The zero-order valence-electron chi connectivity index (χ0n) is 16.9. The monoisotopic (exact) mass is 457 g/mol. The fourth-order valence-electron chi connectivity index (χ4n) is 4.09. The Labute approximate surface area is 184 Å². The topological polar surface area (TPSA) is 39.1 Å². The summed E-state index contributed by atoms with van der Waals surface area (Å²) in [6, 6.07) is 17.8. The van der Waals surface area contributed by atoms with Crippen LogP contribution in [0.25, 0.3) is 16.7 Å². The molecule has 1 aromatic heterocycles. The zero-order valence-corrected chi connectivity index (χ0v) is 16.9. The number of halogens is 5. The van der Waals surface area contributed by atoms with Crippen molar-refractivity contribution in [2.24, 2.45) is 0 Å². The molecule has 168 valence electrons. The summed E-state index contributed by atoms with van der Waals surface area (Å²) in [4.78, 5) is 4.53. The van der Waals surface area contributed by atoms with Crippen LogP contribution in [0.3, 0.4) is 0 Å². The summed E-state index contributed by atoms with van der Waals surface area (Å²) in [6.07, 6.45) is -3.01. The van der Waals surface area contributed by atoms with Gasteiger partial charge in [0.2, 0.25) is 5.95 Å². The van der Waals surface area contributed by atoms with E-state index in [4.69, 9.17) is 4.74 Å². The maximum absolute atomic E-state index is 13.7. The second-order valence-corrected chi connectivity index (χ2v) is 7.40. The first-order chi connectivity index (χ1) is 15.8. The molecule has 4 aromatic rings. The Morgan fingerprint density at radius 1 is 0.909 bits per heavy atom. The number of allylic oxidation sites excluding steroid dienone is 1. The van der Waals surface area contributed by atoms with Crippen LogP contribution in [-0.2, 0) is 6.18 Å². The molecule has 4 nitrogen and oxygen atoms in total. The summed E-state index contributed by atoms with van der Waals surface area (Å²) in [5.74, 6) is 0.227. The third-order valence-electron chi connectivity index (χ3n) is 5.42. The Morgan fingerprint density at radius 2 is 1.61 bits per heavy atom. The van der Waals surface area contributed by atoms with E-state index in [0.717, 1.165) is 6.07 Å². The highest BCUT2D eigenvalue weighted by atomic mass is 19.4. The van der Waals surface area contributed by atoms with E-state index in [0.29, 0.717) is 22.5 Å². The first-order valence-corrected chi connectivity index (χ1v) is 9.99. The molecule has 1 aliphatic heterocycles. The fraction of sp³-hybridized carbons (Fsp3) is 0.125. The van der Waals surface area contributed by atoms with E-state index >= 15 is 0 Å². The number of nitrogens with one attached hydrogen (secondary N) is 1. The molecule has 0 bridgehead atoms. The highest BCUT2D eigenvalue weighted by molar-refractivity contribution is 5.86. The van der Waals surface area contributed by atoms with Gasteiger partial charge in [0.15, 0.2) is 0 Å². The minimum Gasteiger partial charge on any atom is -0.434 e. The minimum atomic E-state index is -4.58. The van der Waals surface area contributed by atoms with E-state index in [9.17, 15) is 22.0 Å². The van der Waals surface area contributed by atoms with Crippen molar-refractivity contribution in [2.75, 3.05) is 5.32 Å². The molecular formula is C24H16F5N3O. The van der Waals surface area contributed by atoms with Gasteiger partial charge in [0.1, 0.15) is 5.75 Å². The van der Waals surface area contributed by atoms with Gasteiger partial charge in [-0.05, 0) is 30.3 Å². The summed E-state index contributed by atoms with van der Waals surface area (Å²) >= 11 is 0. The molecule has 5 rings (SSSR count). The van der Waals surface area contributed by atoms with Crippen LogP contribution in [0.15, 0.2) is 78.9 Å². The van der Waals surface area contributed by atoms with Gasteiger partial charge < -0.3 is 10.1 Å². The van der Waals surface area contributed by atoms with Crippen molar-refractivity contribution in [1.29, 1.82) is 0 Å². The SMILES string of the molecule is FC(F)Oc1ccccc1[C@H]1C=C(c2ccccc2C(F)(F)F)Nc2nc3ccccc3n21. The lowest BCUT2D eigenvalue weighted by atomic mass is 9.97. The number of alkyl halides is 5. The first kappa shape index (κ1) is 21.0. The van der Waals surface area contributed by atoms with E-state index in [2.05, 4.69) is 10.3 Å². The van der Waals surface area contributed by atoms with Gasteiger partial charge in [-0.3, -0.25) is 4.57 Å². The maximum atomic E-state index is 13.7. The Hall–Kier alpha value is -3.88. The van der Waals surface area contributed by atoms with Crippen molar-refractivity contribution < 1.29 is 26.7 Å². The Kier molecular flexibility index (Phi) is 5.03. The van der Waals surface area contributed by atoms with Crippen LogP contribution in [0, 0.1) is 0 Å². The molecule has 0 spiro atoms. The normalized spacial score (nSPS) is 15.8. The summed E-state index contributed by atoms with van der Waals surface area (Å²) in [5, 5.41) is 3.00. The number of ether oxygens (including phenoxy) is 1. The highest BCUT2D eigenvalue weighted by Gasteiger charge is 2.36. The van der Waals surface area contributed by atoms with Gasteiger partial charge in [-0.25, -0.2) is 4.98 Å². The number of aromatic nitrogens is 2. The highest BCUT2D eigenvalue weighted by Crippen LogP contribution is 2.42. The van der Waals surface area contributed by atoms with Gasteiger partial charge in [0, 0.05) is 16.8 Å². The lowest BCUT2D eigenvalue weighted by Crippen LogP contribution is -2.21. The molecule has 0 saturated carbocycles. The lowest BCUT2D eigenvalue weighted by molar-refractivity contribution is -0.137. The quantitative estimate of drug-likeness (QED) is 0.346. The molecule has 0 aliphatic carbocycles. The van der Waals surface area contributed by atoms with Gasteiger partial charge in [-0.15, -0.1) is 0 Å². The van der Waals surface area contributed by atoms with Crippen molar-refractivity contribution in [2.45, 2.75) is 18.8 Å². The summed E-state index contributed by atoms with van der Waals surface area (Å²) in [7, 11) is 0. The number of hydrogen-bond donors (Lipinski definition) is 1. The van der Waals surface area contributed by atoms with Gasteiger partial charge in [0.05, 0.1) is 22.6 Å². The van der Waals surface area contributed by atoms with Gasteiger partial charge in [0.25, 0.3) is 0 Å². The van der Waals surface area contributed by atoms with Crippen molar-refractivity contribution in [3.8, 4) is 5.75 Å². The summed E-state index contributed by atoms with van der Waals surface area (Å²) < 4.78 is 73.8. The first-order valence-electron chi connectivity index (χ1n) is 9.99. The van der Waals surface area contributed by atoms with Crippen molar-refractivity contribution in [3.05, 3.63) is 95.6 Å². The zero-order chi connectivity index (χ0) is 23.2. The molecule has 1 aliphatic rings. The van der Waals surface area contributed by atoms with Gasteiger partial charge in [-0.2, -0.15) is 22.0 Å². The number of imidazole rings is 1. The second kappa shape index (κ2) is 7.91. The van der Waals surface area contributed by atoms with Crippen LogP contribution in [0.1, 0.15) is 22.7 Å². The smallest absolute Gasteiger partial charge is 0.417 e. The number of nitrogens with zero attached hydrogens (tertiary/aromatic N) is 2. The molecule has 1 N–H and O–H groups in total. The Bertz CT molecular complexity index is 1360. The lowest BCUT2D eigenvalue weighted by Gasteiger charge is -2.28. The number of fused-ring (bicyclic) bond motifs is 3. The van der Waals surface area contributed by atoms with Crippen molar-refractivity contribution in [1.82, 2.24) is 9.55 Å². The molecule has 33 heavy (non-hydrogen) atoms. The Balaban J connectivity index is 1.75. The van der Waals surface area contributed by atoms with Gasteiger partial charge in [-0.1, -0.05) is 48.5 Å². The number of rotatable bonds is 4. The molecule has 0 radical (unpaired) electrons. The maximum Gasteiger partial charge on any atom is 0.417 e. The van der Waals surface area contributed by atoms with E-state index in [1.807, 2.05) is 0 Å². The van der Waals surface area contributed by atoms with Crippen molar-refractivity contribution in [3.63, 3.8) is 0 Å². The number of benzene rings is 3. The van der Waals surface area contributed by atoms with Gasteiger partial charge >= 0.3 is 12.8 Å². The standard InChI is InChI=1S/C24H16F5N3O/c25-22(26)33-21-12-6-2-8-15(21)20-13-18(14-7-1-3-9-16(14)24(27,28)29)31-23-30-17-10-4-5-11-19(17)32(20)23/h1-13,20,22H,(H,30,31)/t20-/m1/s1. The average molecular weight is 457 g/mol. The molecule has 0 fully saturated rings. The molecule has 1 atom stereocenters. The molecule has 9 heteroatoms.